The zero-order chi connectivity index (χ0) is 13.7. The lowest BCUT2D eigenvalue weighted by atomic mass is 10.1. The molecule has 2 rings (SSSR count). The Morgan fingerprint density at radius 2 is 2.05 bits per heavy atom. The highest BCUT2D eigenvalue weighted by atomic mass is 32.1. The van der Waals surface area contributed by atoms with Crippen LogP contribution in [0.3, 0.4) is 0 Å². The first kappa shape index (κ1) is 14.0. The molecular weight excluding hydrogens is 256 g/mol. The summed E-state index contributed by atoms with van der Waals surface area (Å²) in [5.74, 6) is 0.887. The zero-order valence-corrected chi connectivity index (χ0v) is 12.5. The monoisotopic (exact) mass is 276 g/mol. The van der Waals surface area contributed by atoms with Crippen molar-refractivity contribution in [3.63, 3.8) is 0 Å². The lowest BCUT2D eigenvalue weighted by Gasteiger charge is -2.17. The molecule has 0 spiro atoms. The van der Waals surface area contributed by atoms with E-state index in [2.05, 4.69) is 29.4 Å². The van der Waals surface area contributed by atoms with Gasteiger partial charge >= 0.3 is 0 Å². The molecule has 1 heterocycles. The van der Waals surface area contributed by atoms with Gasteiger partial charge in [0.05, 0.1) is 18.2 Å². The number of aryl methyl sites for hydroxylation is 1. The Morgan fingerprint density at radius 1 is 1.32 bits per heavy atom. The van der Waals surface area contributed by atoms with Gasteiger partial charge < -0.3 is 10.1 Å². The number of ether oxygens (including phenoxy) is 1. The number of aromatic nitrogens is 1. The van der Waals surface area contributed by atoms with Gasteiger partial charge in [-0.05, 0) is 37.6 Å². The van der Waals surface area contributed by atoms with Gasteiger partial charge in [0.1, 0.15) is 5.75 Å². The number of thiazole rings is 1. The molecule has 19 heavy (non-hydrogen) atoms. The first-order valence-electron chi connectivity index (χ1n) is 6.54. The van der Waals surface area contributed by atoms with Crippen LogP contribution in [-0.2, 0) is 0 Å². The average molecular weight is 276 g/mol. The van der Waals surface area contributed by atoms with Crippen LogP contribution in [-0.4, -0.2) is 18.6 Å². The summed E-state index contributed by atoms with van der Waals surface area (Å²) in [7, 11) is 1.69. The average Bonchev–Trinajstić information content (AvgIpc) is 2.86. The lowest BCUT2D eigenvalue weighted by molar-refractivity contribution is 0.414. The van der Waals surface area contributed by atoms with Gasteiger partial charge in [0.25, 0.3) is 0 Å². The van der Waals surface area contributed by atoms with Crippen LogP contribution in [0.25, 0.3) is 0 Å². The Hall–Kier alpha value is -1.39. The van der Waals surface area contributed by atoms with E-state index < -0.39 is 0 Å². The molecule has 1 aromatic heterocycles. The quantitative estimate of drug-likeness (QED) is 0.876. The minimum atomic E-state index is 0.219. The van der Waals surface area contributed by atoms with Crippen molar-refractivity contribution in [3.05, 3.63) is 45.9 Å². The summed E-state index contributed by atoms with van der Waals surface area (Å²) in [5, 5.41) is 4.69. The molecular formula is C15H20N2OS. The number of methoxy groups -OCH3 is 1. The molecule has 1 aromatic carbocycles. The molecule has 2 aromatic rings. The van der Waals surface area contributed by atoms with Crippen molar-refractivity contribution in [3.8, 4) is 5.75 Å². The molecule has 3 nitrogen and oxygen atoms in total. The van der Waals surface area contributed by atoms with E-state index >= 15 is 0 Å². The van der Waals surface area contributed by atoms with Gasteiger partial charge in [-0.2, -0.15) is 0 Å². The van der Waals surface area contributed by atoms with Gasteiger partial charge in [-0.3, -0.25) is 0 Å². The first-order chi connectivity index (χ1) is 9.24. The van der Waals surface area contributed by atoms with Crippen LogP contribution in [0.1, 0.15) is 34.8 Å². The van der Waals surface area contributed by atoms with Crippen LogP contribution in [0.5, 0.6) is 5.75 Å². The molecule has 0 saturated heterocycles. The van der Waals surface area contributed by atoms with E-state index in [4.69, 9.17) is 4.74 Å². The normalized spacial score (nSPS) is 12.4. The fourth-order valence-corrected chi connectivity index (χ4v) is 2.87. The Morgan fingerprint density at radius 3 is 2.58 bits per heavy atom. The molecule has 0 bridgehead atoms. The van der Waals surface area contributed by atoms with Crippen molar-refractivity contribution < 1.29 is 4.74 Å². The molecule has 0 saturated carbocycles. The maximum Gasteiger partial charge on any atom is 0.118 e. The maximum absolute atomic E-state index is 5.21. The summed E-state index contributed by atoms with van der Waals surface area (Å²) in [5.41, 5.74) is 1.25. The van der Waals surface area contributed by atoms with Crippen LogP contribution >= 0.6 is 11.3 Å². The molecule has 1 atom stereocenters. The molecule has 1 N–H and O–H groups in total. The maximum atomic E-state index is 5.21. The predicted molar refractivity (Wildman–Crippen MR) is 80.0 cm³/mol. The van der Waals surface area contributed by atoms with Gasteiger partial charge in [-0.25, -0.2) is 4.98 Å². The van der Waals surface area contributed by atoms with Crippen molar-refractivity contribution in [2.75, 3.05) is 13.7 Å². The van der Waals surface area contributed by atoms with Gasteiger partial charge in [0.15, 0.2) is 0 Å². The zero-order valence-electron chi connectivity index (χ0n) is 11.6. The van der Waals surface area contributed by atoms with E-state index in [1.54, 1.807) is 18.4 Å². The number of rotatable bonds is 6. The Kier molecular flexibility index (Phi) is 4.93. The SMILES string of the molecule is CCCNC(c1ccc(OC)cc1)c1cnc(C)s1. The fourth-order valence-electron chi connectivity index (χ4n) is 1.98. The molecule has 1 unspecified atom stereocenters. The molecule has 0 aliphatic heterocycles. The van der Waals surface area contributed by atoms with Crippen molar-refractivity contribution in [1.82, 2.24) is 10.3 Å². The van der Waals surface area contributed by atoms with Crippen LogP contribution in [0.15, 0.2) is 30.5 Å². The van der Waals surface area contributed by atoms with Gasteiger partial charge in [0.2, 0.25) is 0 Å². The standard InChI is InChI=1S/C15H20N2OS/c1-4-9-16-15(14-10-17-11(2)19-14)12-5-7-13(18-3)8-6-12/h5-8,10,15-16H,4,9H2,1-3H3. The van der Waals surface area contributed by atoms with Crippen molar-refractivity contribution in [2.24, 2.45) is 0 Å². The van der Waals surface area contributed by atoms with E-state index in [0.717, 1.165) is 23.7 Å². The van der Waals surface area contributed by atoms with Crippen LogP contribution in [0.4, 0.5) is 0 Å². The number of nitrogens with zero attached hydrogens (tertiary/aromatic N) is 1. The number of hydrogen-bond acceptors (Lipinski definition) is 4. The molecule has 4 heteroatoms. The Balaban J connectivity index is 2.25. The van der Waals surface area contributed by atoms with Gasteiger partial charge in [-0.15, -0.1) is 11.3 Å². The second kappa shape index (κ2) is 6.68. The second-order valence-electron chi connectivity index (χ2n) is 4.44. The molecule has 0 aliphatic rings. The lowest BCUT2D eigenvalue weighted by Crippen LogP contribution is -2.22. The smallest absolute Gasteiger partial charge is 0.118 e. The van der Waals surface area contributed by atoms with E-state index in [9.17, 15) is 0 Å². The van der Waals surface area contributed by atoms with Gasteiger partial charge in [0, 0.05) is 11.1 Å². The van der Waals surface area contributed by atoms with Crippen molar-refractivity contribution in [2.45, 2.75) is 26.3 Å². The summed E-state index contributed by atoms with van der Waals surface area (Å²) in [6, 6.07) is 8.45. The first-order valence-corrected chi connectivity index (χ1v) is 7.36. The highest BCUT2D eigenvalue weighted by Crippen LogP contribution is 2.28. The molecule has 0 fully saturated rings. The number of nitrogens with one attached hydrogen (secondary N) is 1. The van der Waals surface area contributed by atoms with Crippen molar-refractivity contribution in [1.29, 1.82) is 0 Å². The van der Waals surface area contributed by atoms with Crippen LogP contribution in [0, 0.1) is 6.92 Å². The summed E-state index contributed by atoms with van der Waals surface area (Å²) < 4.78 is 5.21. The second-order valence-corrected chi connectivity index (χ2v) is 5.71. The third kappa shape index (κ3) is 3.55. The number of benzene rings is 1. The van der Waals surface area contributed by atoms with E-state index in [0.29, 0.717) is 0 Å². The summed E-state index contributed by atoms with van der Waals surface area (Å²) in [6.45, 7) is 5.21. The fraction of sp³-hybridized carbons (Fsp3) is 0.400. The Bertz CT molecular complexity index is 507. The highest BCUT2D eigenvalue weighted by Gasteiger charge is 2.15. The third-order valence-electron chi connectivity index (χ3n) is 2.97. The summed E-state index contributed by atoms with van der Waals surface area (Å²) in [4.78, 5) is 5.62. The summed E-state index contributed by atoms with van der Waals surface area (Å²) >= 11 is 1.75. The van der Waals surface area contributed by atoms with Crippen LogP contribution in [0.2, 0.25) is 0 Å². The molecule has 0 amide bonds. The Labute approximate surface area is 118 Å². The predicted octanol–water partition coefficient (Wildman–Crippen LogP) is 3.55. The molecule has 102 valence electrons. The molecule has 0 aliphatic carbocycles. The van der Waals surface area contributed by atoms with Crippen LogP contribution < -0.4 is 10.1 Å². The third-order valence-corrected chi connectivity index (χ3v) is 3.95. The van der Waals surface area contributed by atoms with Crippen molar-refractivity contribution >= 4 is 11.3 Å². The summed E-state index contributed by atoms with van der Waals surface area (Å²) in [6.07, 6.45) is 3.09. The largest absolute Gasteiger partial charge is 0.497 e. The van der Waals surface area contributed by atoms with Gasteiger partial charge in [-0.1, -0.05) is 19.1 Å². The highest BCUT2D eigenvalue weighted by molar-refractivity contribution is 7.11. The minimum Gasteiger partial charge on any atom is -0.497 e. The van der Waals surface area contributed by atoms with E-state index in [-0.39, 0.29) is 6.04 Å². The molecule has 0 radical (unpaired) electrons. The number of hydrogen-bond donors (Lipinski definition) is 1. The minimum absolute atomic E-state index is 0.219. The topological polar surface area (TPSA) is 34.1 Å². The van der Waals surface area contributed by atoms with E-state index in [1.807, 2.05) is 25.3 Å². The van der Waals surface area contributed by atoms with E-state index in [1.165, 1.54) is 10.4 Å².